The van der Waals surface area contributed by atoms with Gasteiger partial charge in [-0.25, -0.2) is 0 Å². The van der Waals surface area contributed by atoms with Crippen LogP contribution < -0.4 is 14.2 Å². The Morgan fingerprint density at radius 2 is 1.65 bits per heavy atom. The first-order valence-electron chi connectivity index (χ1n) is 5.11. The van der Waals surface area contributed by atoms with Crippen molar-refractivity contribution in [2.45, 2.75) is 6.42 Å². The van der Waals surface area contributed by atoms with Crippen LogP contribution in [0, 0.1) is 11.8 Å². The number of ether oxygens (including phenoxy) is 3. The van der Waals surface area contributed by atoms with Crippen molar-refractivity contribution in [1.82, 2.24) is 0 Å². The third-order valence-corrected chi connectivity index (χ3v) is 2.51. The van der Waals surface area contributed by atoms with Gasteiger partial charge in [0.1, 0.15) is 0 Å². The molecule has 0 radical (unpaired) electrons. The minimum atomic E-state index is 0.584. The zero-order valence-corrected chi connectivity index (χ0v) is 11.8. The fraction of sp³-hybridized carbons (Fsp3) is 0.385. The normalized spacial score (nSPS) is 9.18. The van der Waals surface area contributed by atoms with Gasteiger partial charge in [0.15, 0.2) is 11.5 Å². The zero-order valence-electron chi connectivity index (χ0n) is 10.2. The van der Waals surface area contributed by atoms with Gasteiger partial charge in [0, 0.05) is 17.3 Å². The van der Waals surface area contributed by atoms with Crippen LogP contribution in [0.15, 0.2) is 12.1 Å². The van der Waals surface area contributed by atoms with E-state index in [2.05, 4.69) is 27.8 Å². The highest BCUT2D eigenvalue weighted by molar-refractivity contribution is 9.09. The summed E-state index contributed by atoms with van der Waals surface area (Å²) >= 11 is 3.33. The molecule has 0 amide bonds. The molecule has 0 aromatic heterocycles. The van der Waals surface area contributed by atoms with Gasteiger partial charge in [-0.1, -0.05) is 27.8 Å². The number of hydrogen-bond donors (Lipinski definition) is 0. The number of benzene rings is 1. The van der Waals surface area contributed by atoms with Gasteiger partial charge in [0.05, 0.1) is 21.3 Å². The summed E-state index contributed by atoms with van der Waals surface area (Å²) in [7, 11) is 4.76. The molecule has 1 aromatic carbocycles. The number of alkyl halides is 1. The van der Waals surface area contributed by atoms with Gasteiger partial charge in [-0.15, -0.1) is 0 Å². The molecule has 1 rings (SSSR count). The van der Waals surface area contributed by atoms with Gasteiger partial charge in [-0.3, -0.25) is 0 Å². The lowest BCUT2D eigenvalue weighted by Crippen LogP contribution is -1.95. The molecule has 92 valence electrons. The van der Waals surface area contributed by atoms with Crippen molar-refractivity contribution in [2.24, 2.45) is 0 Å². The second kappa shape index (κ2) is 7.08. The molecule has 17 heavy (non-hydrogen) atoms. The Morgan fingerprint density at radius 3 is 2.06 bits per heavy atom. The molecule has 0 saturated carbocycles. The molecule has 0 saturated heterocycles. The number of halogens is 1. The lowest BCUT2D eigenvalue weighted by atomic mass is 10.2. The summed E-state index contributed by atoms with van der Waals surface area (Å²) in [6.07, 6.45) is 0.802. The van der Waals surface area contributed by atoms with Crippen molar-refractivity contribution in [3.8, 4) is 29.1 Å². The molecule has 1 aromatic rings. The number of hydrogen-bond acceptors (Lipinski definition) is 3. The Bertz CT molecular complexity index is 407. The molecule has 0 heterocycles. The van der Waals surface area contributed by atoms with Crippen molar-refractivity contribution in [3.05, 3.63) is 17.7 Å². The molecule has 3 nitrogen and oxygen atoms in total. The van der Waals surface area contributed by atoms with Gasteiger partial charge in [0.2, 0.25) is 5.75 Å². The molecule has 0 unspecified atom stereocenters. The maximum absolute atomic E-state index is 5.24. The van der Waals surface area contributed by atoms with E-state index in [4.69, 9.17) is 14.2 Å². The monoisotopic (exact) mass is 298 g/mol. The molecule has 0 spiro atoms. The van der Waals surface area contributed by atoms with Crippen molar-refractivity contribution in [1.29, 1.82) is 0 Å². The van der Waals surface area contributed by atoms with E-state index in [9.17, 15) is 0 Å². The molecule has 0 bridgehead atoms. The Balaban J connectivity index is 3.14. The van der Waals surface area contributed by atoms with E-state index in [1.807, 2.05) is 12.1 Å². The molecule has 0 N–H and O–H groups in total. The van der Waals surface area contributed by atoms with Gasteiger partial charge in [-0.05, 0) is 12.1 Å². The standard InChI is InChI=1S/C13H15BrO3/c1-15-11-8-10(6-4-5-7-14)9-12(16-2)13(11)17-3/h8-9H,5,7H2,1-3H3. The molecule has 0 aliphatic rings. The summed E-state index contributed by atoms with van der Waals surface area (Å²) < 4.78 is 15.7. The Labute approximate surface area is 110 Å². The molecule has 0 aliphatic heterocycles. The molecule has 0 atom stereocenters. The van der Waals surface area contributed by atoms with E-state index in [0.29, 0.717) is 17.2 Å². The maximum atomic E-state index is 5.24. The summed E-state index contributed by atoms with van der Waals surface area (Å²) in [5.41, 5.74) is 0.848. The van der Waals surface area contributed by atoms with Crippen molar-refractivity contribution in [2.75, 3.05) is 26.7 Å². The fourth-order valence-electron chi connectivity index (χ4n) is 1.37. The fourth-order valence-corrected chi connectivity index (χ4v) is 1.56. The van der Waals surface area contributed by atoms with Crippen molar-refractivity contribution in [3.63, 3.8) is 0 Å². The second-order valence-corrected chi connectivity index (χ2v) is 3.95. The summed E-state index contributed by atoms with van der Waals surface area (Å²) in [5, 5.41) is 0.866. The van der Waals surface area contributed by atoms with Gasteiger partial charge in [0.25, 0.3) is 0 Å². The predicted octanol–water partition coefficient (Wildman–Crippen LogP) is 2.85. The highest BCUT2D eigenvalue weighted by atomic mass is 79.9. The SMILES string of the molecule is COc1cc(C#CCCBr)cc(OC)c1OC. The van der Waals surface area contributed by atoms with Crippen LogP contribution in [0.1, 0.15) is 12.0 Å². The summed E-state index contributed by atoms with van der Waals surface area (Å²) in [4.78, 5) is 0. The van der Waals surface area contributed by atoms with Crippen molar-refractivity contribution < 1.29 is 14.2 Å². The number of rotatable bonds is 4. The van der Waals surface area contributed by atoms with E-state index in [1.165, 1.54) is 0 Å². The third-order valence-electron chi connectivity index (χ3n) is 2.12. The minimum absolute atomic E-state index is 0.584. The molecule has 0 aliphatic carbocycles. The third kappa shape index (κ3) is 3.57. The van der Waals surface area contributed by atoms with Gasteiger partial charge < -0.3 is 14.2 Å². The maximum Gasteiger partial charge on any atom is 0.203 e. The van der Waals surface area contributed by atoms with Gasteiger partial charge >= 0.3 is 0 Å². The van der Waals surface area contributed by atoms with Crippen LogP contribution in [-0.2, 0) is 0 Å². The molecule has 4 heteroatoms. The van der Waals surface area contributed by atoms with Gasteiger partial charge in [-0.2, -0.15) is 0 Å². The Kier molecular flexibility index (Phi) is 5.71. The van der Waals surface area contributed by atoms with Crippen LogP contribution in [0.2, 0.25) is 0 Å². The largest absolute Gasteiger partial charge is 0.493 e. The van der Waals surface area contributed by atoms with E-state index in [-0.39, 0.29) is 0 Å². The van der Waals surface area contributed by atoms with Crippen LogP contribution in [0.25, 0.3) is 0 Å². The minimum Gasteiger partial charge on any atom is -0.493 e. The first-order chi connectivity index (χ1) is 8.26. The van der Waals surface area contributed by atoms with E-state index >= 15 is 0 Å². The lowest BCUT2D eigenvalue weighted by Gasteiger charge is -2.12. The summed E-state index contributed by atoms with van der Waals surface area (Å²) in [6.45, 7) is 0. The van der Waals surface area contributed by atoms with E-state index in [0.717, 1.165) is 17.3 Å². The summed E-state index contributed by atoms with van der Waals surface area (Å²) in [6, 6.07) is 3.67. The lowest BCUT2D eigenvalue weighted by molar-refractivity contribution is 0.324. The molecule has 0 fully saturated rings. The molecular weight excluding hydrogens is 284 g/mol. The second-order valence-electron chi connectivity index (χ2n) is 3.15. The quantitative estimate of drug-likeness (QED) is 0.632. The van der Waals surface area contributed by atoms with Crippen LogP contribution in [-0.4, -0.2) is 26.7 Å². The summed E-state index contributed by atoms with van der Waals surface area (Å²) in [5.74, 6) is 7.92. The average Bonchev–Trinajstić information content (AvgIpc) is 2.37. The smallest absolute Gasteiger partial charge is 0.203 e. The zero-order chi connectivity index (χ0) is 12.7. The topological polar surface area (TPSA) is 27.7 Å². The first-order valence-corrected chi connectivity index (χ1v) is 6.23. The van der Waals surface area contributed by atoms with Crippen LogP contribution in [0.3, 0.4) is 0 Å². The highest BCUT2D eigenvalue weighted by Crippen LogP contribution is 2.37. The van der Waals surface area contributed by atoms with Crippen LogP contribution in [0.5, 0.6) is 17.2 Å². The first kappa shape index (κ1) is 13.7. The Hall–Kier alpha value is -1.34. The molecular formula is C13H15BrO3. The van der Waals surface area contributed by atoms with E-state index < -0.39 is 0 Å². The van der Waals surface area contributed by atoms with Crippen LogP contribution in [0.4, 0.5) is 0 Å². The Morgan fingerprint density at radius 1 is 1.06 bits per heavy atom. The van der Waals surface area contributed by atoms with Crippen LogP contribution >= 0.6 is 15.9 Å². The van der Waals surface area contributed by atoms with E-state index in [1.54, 1.807) is 21.3 Å². The average molecular weight is 299 g/mol. The number of methoxy groups -OCH3 is 3. The predicted molar refractivity (Wildman–Crippen MR) is 71.4 cm³/mol. The van der Waals surface area contributed by atoms with Crippen molar-refractivity contribution >= 4 is 15.9 Å². The highest BCUT2D eigenvalue weighted by Gasteiger charge is 2.11.